The van der Waals surface area contributed by atoms with Crippen molar-refractivity contribution in [3.8, 4) is 22.6 Å². The van der Waals surface area contributed by atoms with E-state index < -0.39 is 0 Å². The number of rotatable bonds is 6. The van der Waals surface area contributed by atoms with E-state index in [1.54, 1.807) is 6.20 Å². The van der Waals surface area contributed by atoms with Crippen LogP contribution in [0.15, 0.2) is 24.4 Å². The molecule has 1 aromatic carbocycles. The Hall–Kier alpha value is -2.29. The quantitative estimate of drug-likeness (QED) is 0.725. The molecule has 130 valence electrons. The topological polar surface area (TPSA) is 111 Å². The zero-order valence-corrected chi connectivity index (χ0v) is 13.9. The van der Waals surface area contributed by atoms with Crippen LogP contribution in [0.5, 0.6) is 11.5 Å². The minimum absolute atomic E-state index is 0. The highest BCUT2D eigenvalue weighted by molar-refractivity contribution is 5.94. The first-order valence-electron chi connectivity index (χ1n) is 7.17. The lowest BCUT2D eigenvalue weighted by Gasteiger charge is -2.12. The van der Waals surface area contributed by atoms with Crippen molar-refractivity contribution in [1.82, 2.24) is 10.2 Å². The molecule has 24 heavy (non-hydrogen) atoms. The summed E-state index contributed by atoms with van der Waals surface area (Å²) < 4.78 is 15.8. The van der Waals surface area contributed by atoms with Gasteiger partial charge in [-0.15, -0.1) is 12.4 Å². The molecule has 1 aliphatic heterocycles. The molecule has 2 aromatic rings. The third kappa shape index (κ3) is 3.78. The van der Waals surface area contributed by atoms with E-state index in [4.69, 9.17) is 19.9 Å². The number of ether oxygens (including phenoxy) is 3. The molecule has 0 saturated carbocycles. The van der Waals surface area contributed by atoms with E-state index >= 15 is 0 Å². The molecule has 1 atom stereocenters. The first-order chi connectivity index (χ1) is 11.2. The van der Waals surface area contributed by atoms with E-state index in [9.17, 15) is 4.79 Å². The molecule has 1 aliphatic rings. The number of amides is 1. The molecule has 8 nitrogen and oxygen atoms in total. The monoisotopic (exact) mass is 354 g/mol. The van der Waals surface area contributed by atoms with Crippen molar-refractivity contribution in [2.45, 2.75) is 12.5 Å². The Labute approximate surface area is 145 Å². The van der Waals surface area contributed by atoms with Gasteiger partial charge >= 0.3 is 0 Å². The lowest BCUT2D eigenvalue weighted by Crippen LogP contribution is -2.28. The minimum atomic E-state index is -0.313. The van der Waals surface area contributed by atoms with E-state index in [2.05, 4.69) is 15.5 Å². The van der Waals surface area contributed by atoms with E-state index in [0.29, 0.717) is 17.3 Å². The molecule has 0 saturated heterocycles. The summed E-state index contributed by atoms with van der Waals surface area (Å²) in [5.41, 5.74) is 7.15. The maximum atomic E-state index is 12.1. The first kappa shape index (κ1) is 18.1. The summed E-state index contributed by atoms with van der Waals surface area (Å²) in [6, 6.07) is 5.55. The Morgan fingerprint density at radius 2 is 2.25 bits per heavy atom. The molecule has 0 radical (unpaired) electrons. The molecule has 0 fully saturated rings. The van der Waals surface area contributed by atoms with E-state index in [1.807, 2.05) is 18.2 Å². The number of carbonyl (C=O) groups excluding carboxylic acids is 1. The number of H-pyrrole nitrogens is 1. The lowest BCUT2D eigenvalue weighted by atomic mass is 10.1. The molecule has 1 aromatic heterocycles. The fourth-order valence-electron chi connectivity index (χ4n) is 2.32. The predicted octanol–water partition coefficient (Wildman–Crippen LogP) is 1.53. The summed E-state index contributed by atoms with van der Waals surface area (Å²) in [5, 5.41) is 9.57. The average molecular weight is 355 g/mol. The van der Waals surface area contributed by atoms with Crippen molar-refractivity contribution in [3.05, 3.63) is 24.4 Å². The lowest BCUT2D eigenvalue weighted by molar-refractivity contribution is -0.118. The fourth-order valence-corrected chi connectivity index (χ4v) is 2.32. The number of methoxy groups -OCH3 is 1. The Morgan fingerprint density at radius 1 is 1.46 bits per heavy atom. The molecule has 1 amide bonds. The van der Waals surface area contributed by atoms with Gasteiger partial charge in [-0.25, -0.2) is 0 Å². The van der Waals surface area contributed by atoms with Gasteiger partial charge in [0.15, 0.2) is 11.5 Å². The smallest absolute Gasteiger partial charge is 0.231 e. The number of carbonyl (C=O) groups is 1. The summed E-state index contributed by atoms with van der Waals surface area (Å²) in [6.45, 7) is 0.493. The van der Waals surface area contributed by atoms with Crippen LogP contribution < -0.4 is 20.5 Å². The van der Waals surface area contributed by atoms with E-state index in [1.165, 1.54) is 7.11 Å². The SMILES string of the molecule is COC(CN)CC(=O)Nc1[nH]ncc1-c1ccc2c(c1)OCO2.Cl. The first-order valence-corrected chi connectivity index (χ1v) is 7.17. The molecule has 0 aliphatic carbocycles. The van der Waals surface area contributed by atoms with Crippen LogP contribution in [0.25, 0.3) is 11.1 Å². The standard InChI is InChI=1S/C15H18N4O4.ClH/c1-21-10(6-16)5-14(20)18-15-11(7-17-19-15)9-2-3-12-13(4-9)23-8-22-12;/h2-4,7,10H,5-6,8,16H2,1H3,(H2,17,18,19,20);1H. The van der Waals surface area contributed by atoms with Gasteiger partial charge in [-0.3, -0.25) is 9.89 Å². The zero-order valence-electron chi connectivity index (χ0n) is 13.1. The molecule has 1 unspecified atom stereocenters. The maximum absolute atomic E-state index is 12.1. The van der Waals surface area contributed by atoms with Crippen LogP contribution in [0.4, 0.5) is 5.82 Å². The van der Waals surface area contributed by atoms with Crippen molar-refractivity contribution >= 4 is 24.1 Å². The van der Waals surface area contributed by atoms with Gasteiger partial charge in [-0.1, -0.05) is 6.07 Å². The van der Waals surface area contributed by atoms with Crippen molar-refractivity contribution < 1.29 is 19.0 Å². The Bertz CT molecular complexity index is 703. The number of halogens is 1. The number of aromatic nitrogens is 2. The summed E-state index contributed by atoms with van der Waals surface area (Å²) in [7, 11) is 1.53. The maximum Gasteiger partial charge on any atom is 0.231 e. The van der Waals surface area contributed by atoms with Crippen LogP contribution in [0.2, 0.25) is 0 Å². The largest absolute Gasteiger partial charge is 0.454 e. The van der Waals surface area contributed by atoms with Gasteiger partial charge in [-0.05, 0) is 17.7 Å². The molecular weight excluding hydrogens is 336 g/mol. The Kier molecular flexibility index (Phi) is 6.02. The Balaban J connectivity index is 0.00000208. The highest BCUT2D eigenvalue weighted by Crippen LogP contribution is 2.37. The molecule has 0 spiro atoms. The van der Waals surface area contributed by atoms with Crippen LogP contribution in [-0.2, 0) is 9.53 Å². The fraction of sp³-hybridized carbons (Fsp3) is 0.333. The number of nitrogens with zero attached hydrogens (tertiary/aromatic N) is 1. The van der Waals surface area contributed by atoms with Crippen molar-refractivity contribution in [1.29, 1.82) is 0 Å². The van der Waals surface area contributed by atoms with Gasteiger partial charge in [0.25, 0.3) is 0 Å². The summed E-state index contributed by atoms with van der Waals surface area (Å²) in [6.07, 6.45) is 1.50. The molecule has 2 heterocycles. The van der Waals surface area contributed by atoms with Crippen LogP contribution in [0.3, 0.4) is 0 Å². The number of hydrogen-bond acceptors (Lipinski definition) is 6. The van der Waals surface area contributed by atoms with Crippen molar-refractivity contribution in [2.24, 2.45) is 5.73 Å². The number of nitrogens with two attached hydrogens (primary N) is 1. The number of hydrogen-bond donors (Lipinski definition) is 3. The molecule has 3 rings (SSSR count). The van der Waals surface area contributed by atoms with Gasteiger partial charge < -0.3 is 25.3 Å². The summed E-state index contributed by atoms with van der Waals surface area (Å²) in [4.78, 5) is 12.1. The molecule has 9 heteroatoms. The predicted molar refractivity (Wildman–Crippen MR) is 90.5 cm³/mol. The van der Waals surface area contributed by atoms with Crippen LogP contribution >= 0.6 is 12.4 Å². The number of aromatic amines is 1. The van der Waals surface area contributed by atoms with Gasteiger partial charge in [0.1, 0.15) is 5.82 Å². The molecule has 0 bridgehead atoms. The summed E-state index contributed by atoms with van der Waals surface area (Å²) in [5.74, 6) is 1.69. The van der Waals surface area contributed by atoms with Gasteiger partial charge in [0.2, 0.25) is 12.7 Å². The van der Waals surface area contributed by atoms with Gasteiger partial charge in [-0.2, -0.15) is 5.10 Å². The average Bonchev–Trinajstić information content (AvgIpc) is 3.20. The second-order valence-electron chi connectivity index (χ2n) is 5.07. The molecular formula is C15H19ClN4O4. The number of nitrogens with one attached hydrogen (secondary N) is 2. The van der Waals surface area contributed by atoms with Gasteiger partial charge in [0, 0.05) is 19.2 Å². The summed E-state index contributed by atoms with van der Waals surface area (Å²) >= 11 is 0. The normalized spacial score (nSPS) is 13.2. The van der Waals surface area contributed by atoms with Crippen LogP contribution in [-0.4, -0.2) is 42.7 Å². The molecule has 4 N–H and O–H groups in total. The number of benzene rings is 1. The van der Waals surface area contributed by atoms with E-state index in [-0.39, 0.29) is 44.2 Å². The second kappa shape index (κ2) is 8.00. The van der Waals surface area contributed by atoms with Crippen molar-refractivity contribution in [3.63, 3.8) is 0 Å². The number of fused-ring (bicyclic) bond motifs is 1. The Morgan fingerprint density at radius 3 is 3.00 bits per heavy atom. The minimum Gasteiger partial charge on any atom is -0.454 e. The highest BCUT2D eigenvalue weighted by atomic mass is 35.5. The highest BCUT2D eigenvalue weighted by Gasteiger charge is 2.18. The zero-order chi connectivity index (χ0) is 16.2. The van der Waals surface area contributed by atoms with Crippen molar-refractivity contribution in [2.75, 3.05) is 25.8 Å². The second-order valence-corrected chi connectivity index (χ2v) is 5.07. The third-order valence-electron chi connectivity index (χ3n) is 3.60. The van der Waals surface area contributed by atoms with Crippen LogP contribution in [0.1, 0.15) is 6.42 Å². The van der Waals surface area contributed by atoms with E-state index in [0.717, 1.165) is 11.1 Å². The number of anilines is 1. The third-order valence-corrected chi connectivity index (χ3v) is 3.60. The van der Waals surface area contributed by atoms with Gasteiger partial charge in [0.05, 0.1) is 18.7 Å². The van der Waals surface area contributed by atoms with Crippen LogP contribution in [0, 0.1) is 0 Å².